The summed E-state index contributed by atoms with van der Waals surface area (Å²) in [7, 11) is 0. The highest BCUT2D eigenvalue weighted by Gasteiger charge is 2.33. The molecule has 1 fully saturated rings. The Labute approximate surface area is 71.4 Å². The monoisotopic (exact) mass is 154 g/mol. The Bertz CT molecular complexity index is 107. The quantitative estimate of drug-likeness (QED) is 0.581. The predicted molar refractivity (Wildman–Crippen MR) is 50.5 cm³/mol. The molecule has 1 rings (SSSR count). The molecule has 66 valence electrons. The zero-order valence-corrected chi connectivity index (χ0v) is 8.43. The van der Waals surface area contributed by atoms with E-state index >= 15 is 0 Å². The van der Waals surface area contributed by atoms with Gasteiger partial charge in [-0.1, -0.05) is 34.1 Å². The second kappa shape index (κ2) is 3.60. The minimum atomic E-state index is 0.898. The van der Waals surface area contributed by atoms with Crippen LogP contribution in [0.1, 0.15) is 47.0 Å². The van der Waals surface area contributed by atoms with Crippen LogP contribution in [0.25, 0.3) is 0 Å². The van der Waals surface area contributed by atoms with Gasteiger partial charge >= 0.3 is 0 Å². The van der Waals surface area contributed by atoms with Crippen LogP contribution in [0.4, 0.5) is 0 Å². The van der Waals surface area contributed by atoms with E-state index in [1.807, 2.05) is 0 Å². The van der Waals surface area contributed by atoms with Crippen LogP contribution in [-0.4, -0.2) is 0 Å². The van der Waals surface area contributed by atoms with E-state index in [-0.39, 0.29) is 0 Å². The van der Waals surface area contributed by atoms with Crippen molar-refractivity contribution in [3.05, 3.63) is 0 Å². The fourth-order valence-electron chi connectivity index (χ4n) is 2.40. The summed E-state index contributed by atoms with van der Waals surface area (Å²) in [6.45, 7) is 9.47. The second-order valence-corrected chi connectivity index (χ2v) is 4.83. The molecule has 0 saturated heterocycles. The molecule has 2 atom stereocenters. The first-order valence-electron chi connectivity index (χ1n) is 5.11. The molecule has 0 aliphatic heterocycles. The topological polar surface area (TPSA) is 0 Å². The van der Waals surface area contributed by atoms with E-state index in [1.54, 1.807) is 0 Å². The van der Waals surface area contributed by atoms with Crippen molar-refractivity contribution in [1.82, 2.24) is 0 Å². The van der Waals surface area contributed by atoms with Crippen LogP contribution >= 0.6 is 0 Å². The fourth-order valence-corrected chi connectivity index (χ4v) is 2.40. The minimum absolute atomic E-state index is 0.898. The molecule has 1 aliphatic rings. The summed E-state index contributed by atoms with van der Waals surface area (Å²) >= 11 is 0. The van der Waals surface area contributed by atoms with Gasteiger partial charge in [-0.05, 0) is 36.5 Å². The van der Waals surface area contributed by atoms with Gasteiger partial charge in [-0.3, -0.25) is 0 Å². The molecule has 0 aromatic rings. The molecule has 0 radical (unpaired) electrons. The van der Waals surface area contributed by atoms with E-state index in [4.69, 9.17) is 0 Å². The number of rotatable bonds is 3. The van der Waals surface area contributed by atoms with Gasteiger partial charge < -0.3 is 0 Å². The van der Waals surface area contributed by atoms with Crippen molar-refractivity contribution < 1.29 is 0 Å². The van der Waals surface area contributed by atoms with Crippen molar-refractivity contribution in [3.63, 3.8) is 0 Å². The Morgan fingerprint density at radius 2 is 1.73 bits per heavy atom. The minimum Gasteiger partial charge on any atom is -0.0628 e. The summed E-state index contributed by atoms with van der Waals surface area (Å²) in [5, 5.41) is 0. The van der Waals surface area contributed by atoms with Crippen molar-refractivity contribution in [3.8, 4) is 0 Å². The molecule has 0 heterocycles. The smallest absolute Gasteiger partial charge is 0.0362 e. The van der Waals surface area contributed by atoms with E-state index in [0.717, 1.165) is 23.7 Å². The van der Waals surface area contributed by atoms with Crippen molar-refractivity contribution in [1.29, 1.82) is 0 Å². The average Bonchev–Trinajstić information content (AvgIpc) is 1.86. The Kier molecular flexibility index (Phi) is 2.98. The Morgan fingerprint density at radius 3 is 2.09 bits per heavy atom. The summed E-state index contributed by atoms with van der Waals surface area (Å²) in [4.78, 5) is 0. The van der Waals surface area contributed by atoms with E-state index in [2.05, 4.69) is 27.7 Å². The summed E-state index contributed by atoms with van der Waals surface area (Å²) in [5.41, 5.74) is 0. The third-order valence-electron chi connectivity index (χ3n) is 3.28. The Balaban J connectivity index is 2.15. The maximum Gasteiger partial charge on any atom is -0.0362 e. The summed E-state index contributed by atoms with van der Waals surface area (Å²) in [5.74, 6) is 3.99. The maximum atomic E-state index is 2.41. The molecule has 0 amide bonds. The molecule has 0 N–H and O–H groups in total. The summed E-state index contributed by atoms with van der Waals surface area (Å²) in [6, 6.07) is 0. The van der Waals surface area contributed by atoms with E-state index in [1.165, 1.54) is 19.3 Å². The third kappa shape index (κ3) is 2.21. The van der Waals surface area contributed by atoms with Crippen molar-refractivity contribution in [2.45, 2.75) is 47.0 Å². The molecule has 1 saturated carbocycles. The lowest BCUT2D eigenvalue weighted by atomic mass is 9.64. The van der Waals surface area contributed by atoms with Gasteiger partial charge in [0.05, 0.1) is 0 Å². The van der Waals surface area contributed by atoms with Gasteiger partial charge in [-0.15, -0.1) is 0 Å². The third-order valence-corrected chi connectivity index (χ3v) is 3.28. The maximum absolute atomic E-state index is 2.41. The van der Waals surface area contributed by atoms with E-state index in [0.29, 0.717) is 0 Å². The lowest BCUT2D eigenvalue weighted by Gasteiger charge is -2.41. The first-order chi connectivity index (χ1) is 5.11. The Morgan fingerprint density at radius 1 is 1.18 bits per heavy atom. The molecule has 0 aromatic carbocycles. The molecule has 1 aliphatic carbocycles. The predicted octanol–water partition coefficient (Wildman–Crippen LogP) is 3.71. The van der Waals surface area contributed by atoms with Crippen LogP contribution in [0.2, 0.25) is 0 Å². The highest BCUT2D eigenvalue weighted by molar-refractivity contribution is 4.83. The van der Waals surface area contributed by atoms with Crippen molar-refractivity contribution in [2.24, 2.45) is 23.7 Å². The van der Waals surface area contributed by atoms with E-state index in [9.17, 15) is 0 Å². The zero-order chi connectivity index (χ0) is 8.43. The molecule has 0 bridgehead atoms. The van der Waals surface area contributed by atoms with Gasteiger partial charge in [-0.2, -0.15) is 0 Å². The van der Waals surface area contributed by atoms with Crippen molar-refractivity contribution in [2.75, 3.05) is 0 Å². The molecule has 11 heavy (non-hydrogen) atoms. The molecule has 0 nitrogen and oxygen atoms in total. The zero-order valence-electron chi connectivity index (χ0n) is 8.43. The molecule has 0 heteroatoms. The normalized spacial score (nSPS) is 37.4. The standard InChI is InChI=1S/C11H22/c1-8(2)5-6-11-9(3)7-10(11)4/h8-11H,5-7H2,1-4H3. The van der Waals surface area contributed by atoms with Crippen LogP contribution in [0.3, 0.4) is 0 Å². The summed E-state index contributed by atoms with van der Waals surface area (Å²) < 4.78 is 0. The molecule has 0 spiro atoms. The SMILES string of the molecule is CC(C)CCC1C(C)CC1C. The van der Waals surface area contributed by atoms with Crippen molar-refractivity contribution >= 4 is 0 Å². The van der Waals surface area contributed by atoms with Gasteiger partial charge in [-0.25, -0.2) is 0 Å². The molecule has 0 aromatic heterocycles. The fraction of sp³-hybridized carbons (Fsp3) is 1.00. The first-order valence-corrected chi connectivity index (χ1v) is 5.11. The van der Waals surface area contributed by atoms with Gasteiger partial charge in [0.15, 0.2) is 0 Å². The van der Waals surface area contributed by atoms with Gasteiger partial charge in [0.25, 0.3) is 0 Å². The molecule has 2 unspecified atom stereocenters. The largest absolute Gasteiger partial charge is 0.0628 e. The van der Waals surface area contributed by atoms with Crippen LogP contribution < -0.4 is 0 Å². The first kappa shape index (κ1) is 9.09. The van der Waals surface area contributed by atoms with Crippen LogP contribution in [0.5, 0.6) is 0 Å². The van der Waals surface area contributed by atoms with Gasteiger partial charge in [0.2, 0.25) is 0 Å². The van der Waals surface area contributed by atoms with Gasteiger partial charge in [0.1, 0.15) is 0 Å². The highest BCUT2D eigenvalue weighted by atomic mass is 14.4. The second-order valence-electron chi connectivity index (χ2n) is 4.83. The number of hydrogen-bond acceptors (Lipinski definition) is 0. The average molecular weight is 154 g/mol. The van der Waals surface area contributed by atoms with Gasteiger partial charge in [0, 0.05) is 0 Å². The van der Waals surface area contributed by atoms with Crippen LogP contribution in [0.15, 0.2) is 0 Å². The van der Waals surface area contributed by atoms with Crippen LogP contribution in [0, 0.1) is 23.7 Å². The molecular formula is C11H22. The van der Waals surface area contributed by atoms with E-state index < -0.39 is 0 Å². The lowest BCUT2D eigenvalue weighted by molar-refractivity contribution is 0.0867. The Hall–Kier alpha value is 0. The highest BCUT2D eigenvalue weighted by Crippen LogP contribution is 2.42. The summed E-state index contributed by atoms with van der Waals surface area (Å²) in [6.07, 6.45) is 4.38. The lowest BCUT2D eigenvalue weighted by Crippen LogP contribution is -2.32. The van der Waals surface area contributed by atoms with Crippen LogP contribution in [-0.2, 0) is 0 Å². The molecular weight excluding hydrogens is 132 g/mol. The number of hydrogen-bond donors (Lipinski definition) is 0.